The Bertz CT molecular complexity index is 1070. The molecule has 3 aromatic rings. The lowest BCUT2D eigenvalue weighted by molar-refractivity contribution is -0.137. The normalized spacial score (nSPS) is 14.6. The van der Waals surface area contributed by atoms with Gasteiger partial charge in [0.2, 0.25) is 5.91 Å². The van der Waals surface area contributed by atoms with Crippen LogP contribution in [0.1, 0.15) is 23.6 Å². The molecule has 0 radical (unpaired) electrons. The molecular weight excluding hydrogens is 403 g/mol. The summed E-state index contributed by atoms with van der Waals surface area (Å²) in [4.78, 5) is 18.8. The number of halogens is 3. The molecular formula is C24H22F3N3O. The van der Waals surface area contributed by atoms with Crippen LogP contribution in [0.25, 0.3) is 11.1 Å². The highest BCUT2D eigenvalue weighted by atomic mass is 19.4. The summed E-state index contributed by atoms with van der Waals surface area (Å²) < 4.78 is 38.5. The standard InChI is InChI=1S/C24H22F3N3O/c1-16(29-22-3-2-11-28-14-22)23(31)30-12-10-18-4-5-19(13-20(18)15-30)17-6-8-21(9-7-17)24(25,26)27/h2-9,11,13-14,16,29H,10,12,15H2,1H3/t16-/m0/s1. The lowest BCUT2D eigenvalue weighted by Gasteiger charge is -2.31. The number of nitrogens with zero attached hydrogens (tertiary/aromatic N) is 2. The van der Waals surface area contributed by atoms with E-state index in [2.05, 4.69) is 10.3 Å². The molecule has 2 heterocycles. The van der Waals surface area contributed by atoms with Gasteiger partial charge in [-0.1, -0.05) is 24.3 Å². The molecule has 0 bridgehead atoms. The van der Waals surface area contributed by atoms with Crippen LogP contribution in [0.4, 0.5) is 18.9 Å². The van der Waals surface area contributed by atoms with E-state index in [1.807, 2.05) is 36.1 Å². The van der Waals surface area contributed by atoms with Gasteiger partial charge >= 0.3 is 6.18 Å². The Morgan fingerprint density at radius 2 is 1.81 bits per heavy atom. The molecule has 0 spiro atoms. The fourth-order valence-electron chi connectivity index (χ4n) is 3.81. The van der Waals surface area contributed by atoms with Crippen molar-refractivity contribution < 1.29 is 18.0 Å². The van der Waals surface area contributed by atoms with Crippen molar-refractivity contribution in [2.45, 2.75) is 32.1 Å². The third-order valence-corrected chi connectivity index (χ3v) is 5.49. The summed E-state index contributed by atoms with van der Waals surface area (Å²) >= 11 is 0. The first-order valence-electron chi connectivity index (χ1n) is 10.1. The Morgan fingerprint density at radius 1 is 1.06 bits per heavy atom. The topological polar surface area (TPSA) is 45.2 Å². The minimum Gasteiger partial charge on any atom is -0.373 e. The maximum atomic E-state index is 12.9. The van der Waals surface area contributed by atoms with E-state index in [-0.39, 0.29) is 5.91 Å². The molecule has 1 amide bonds. The number of anilines is 1. The summed E-state index contributed by atoms with van der Waals surface area (Å²) in [6, 6.07) is 14.3. The fourth-order valence-corrected chi connectivity index (χ4v) is 3.81. The zero-order chi connectivity index (χ0) is 22.0. The van der Waals surface area contributed by atoms with Gasteiger partial charge in [0.25, 0.3) is 0 Å². The molecule has 0 aliphatic carbocycles. The zero-order valence-corrected chi connectivity index (χ0v) is 17.0. The van der Waals surface area contributed by atoms with Gasteiger partial charge in [-0.25, -0.2) is 0 Å². The molecule has 0 saturated carbocycles. The summed E-state index contributed by atoms with van der Waals surface area (Å²) in [7, 11) is 0. The average molecular weight is 425 g/mol. The van der Waals surface area contributed by atoms with Gasteiger partial charge in [-0.3, -0.25) is 9.78 Å². The van der Waals surface area contributed by atoms with Crippen molar-refractivity contribution >= 4 is 11.6 Å². The summed E-state index contributed by atoms with van der Waals surface area (Å²) in [5, 5.41) is 3.17. The smallest absolute Gasteiger partial charge is 0.373 e. The lowest BCUT2D eigenvalue weighted by atomic mass is 9.94. The van der Waals surface area contributed by atoms with E-state index in [0.717, 1.165) is 40.9 Å². The van der Waals surface area contributed by atoms with Gasteiger partial charge in [0.1, 0.15) is 6.04 Å². The highest BCUT2D eigenvalue weighted by molar-refractivity contribution is 5.84. The maximum absolute atomic E-state index is 12.9. The van der Waals surface area contributed by atoms with Gasteiger partial charge in [-0.05, 0) is 65.9 Å². The number of carbonyl (C=O) groups excluding carboxylic acids is 1. The van der Waals surface area contributed by atoms with Gasteiger partial charge in [0.15, 0.2) is 0 Å². The van der Waals surface area contributed by atoms with E-state index >= 15 is 0 Å². The van der Waals surface area contributed by atoms with E-state index in [4.69, 9.17) is 0 Å². The Labute approximate surface area is 178 Å². The van der Waals surface area contributed by atoms with Gasteiger partial charge in [0.05, 0.1) is 11.3 Å². The van der Waals surface area contributed by atoms with Crippen LogP contribution >= 0.6 is 0 Å². The molecule has 0 unspecified atom stereocenters. The molecule has 4 rings (SSSR count). The van der Waals surface area contributed by atoms with Crippen LogP contribution in [0, 0.1) is 0 Å². The van der Waals surface area contributed by atoms with E-state index < -0.39 is 17.8 Å². The first-order chi connectivity index (χ1) is 14.8. The molecule has 1 N–H and O–H groups in total. The third kappa shape index (κ3) is 4.71. The van der Waals surface area contributed by atoms with Crippen LogP contribution in [0.15, 0.2) is 67.0 Å². The number of carbonyl (C=O) groups is 1. The number of amides is 1. The number of rotatable bonds is 4. The molecule has 2 aromatic carbocycles. The van der Waals surface area contributed by atoms with Gasteiger partial charge in [0, 0.05) is 25.5 Å². The van der Waals surface area contributed by atoms with E-state index in [1.54, 1.807) is 18.5 Å². The Hall–Kier alpha value is -3.35. The van der Waals surface area contributed by atoms with Gasteiger partial charge < -0.3 is 10.2 Å². The largest absolute Gasteiger partial charge is 0.416 e. The number of alkyl halides is 3. The summed E-state index contributed by atoms with van der Waals surface area (Å²) in [6.45, 7) is 2.93. The molecule has 160 valence electrons. The molecule has 31 heavy (non-hydrogen) atoms. The highest BCUT2D eigenvalue weighted by Gasteiger charge is 2.30. The van der Waals surface area contributed by atoms with E-state index in [0.29, 0.717) is 18.7 Å². The van der Waals surface area contributed by atoms with Crippen LogP contribution in [0.2, 0.25) is 0 Å². The number of pyridine rings is 1. The van der Waals surface area contributed by atoms with Crippen LogP contribution < -0.4 is 5.32 Å². The number of fused-ring (bicyclic) bond motifs is 1. The summed E-state index contributed by atoms with van der Waals surface area (Å²) in [5.41, 5.74) is 3.85. The Kier molecular flexibility index (Phi) is 5.67. The molecule has 4 nitrogen and oxygen atoms in total. The monoisotopic (exact) mass is 425 g/mol. The van der Waals surface area contributed by atoms with Crippen molar-refractivity contribution in [1.82, 2.24) is 9.88 Å². The van der Waals surface area contributed by atoms with Crippen molar-refractivity contribution in [3.05, 3.63) is 83.7 Å². The van der Waals surface area contributed by atoms with Gasteiger partial charge in [-0.15, -0.1) is 0 Å². The van der Waals surface area contributed by atoms with Crippen molar-refractivity contribution in [2.24, 2.45) is 0 Å². The number of hydrogen-bond donors (Lipinski definition) is 1. The third-order valence-electron chi connectivity index (χ3n) is 5.49. The Balaban J connectivity index is 1.49. The first kappa shape index (κ1) is 20.9. The van der Waals surface area contributed by atoms with Crippen LogP contribution in [0.5, 0.6) is 0 Å². The summed E-state index contributed by atoms with van der Waals surface area (Å²) in [6.07, 6.45) is -0.261. The second-order valence-electron chi connectivity index (χ2n) is 7.68. The molecule has 0 saturated heterocycles. The second-order valence-corrected chi connectivity index (χ2v) is 7.68. The quantitative estimate of drug-likeness (QED) is 0.629. The number of benzene rings is 2. The second kappa shape index (κ2) is 8.41. The predicted octanol–water partition coefficient (Wildman–Crippen LogP) is 5.15. The van der Waals surface area contributed by atoms with Crippen LogP contribution in [0.3, 0.4) is 0 Å². The lowest BCUT2D eigenvalue weighted by Crippen LogP contribution is -2.43. The van der Waals surface area contributed by atoms with E-state index in [9.17, 15) is 18.0 Å². The zero-order valence-electron chi connectivity index (χ0n) is 17.0. The minimum absolute atomic E-state index is 0.00515. The van der Waals surface area contributed by atoms with Gasteiger partial charge in [-0.2, -0.15) is 13.2 Å². The molecule has 7 heteroatoms. The number of hydrogen-bond acceptors (Lipinski definition) is 3. The van der Waals surface area contributed by atoms with Crippen molar-refractivity contribution in [3.63, 3.8) is 0 Å². The van der Waals surface area contributed by atoms with Crippen molar-refractivity contribution in [1.29, 1.82) is 0 Å². The molecule has 0 fully saturated rings. The summed E-state index contributed by atoms with van der Waals surface area (Å²) in [5.74, 6) is -0.00515. The van der Waals surface area contributed by atoms with E-state index in [1.165, 1.54) is 12.1 Å². The molecule has 1 aliphatic rings. The maximum Gasteiger partial charge on any atom is 0.416 e. The number of nitrogens with one attached hydrogen (secondary N) is 1. The first-order valence-corrected chi connectivity index (χ1v) is 10.1. The molecule has 1 atom stereocenters. The fraction of sp³-hybridized carbons (Fsp3) is 0.250. The van der Waals surface area contributed by atoms with Crippen LogP contribution in [-0.2, 0) is 23.9 Å². The molecule has 1 aromatic heterocycles. The number of aromatic nitrogens is 1. The SMILES string of the molecule is C[C@H](Nc1cccnc1)C(=O)N1CCc2ccc(-c3ccc(C(F)(F)F)cc3)cc2C1. The van der Waals surface area contributed by atoms with Crippen LogP contribution in [-0.4, -0.2) is 28.4 Å². The minimum atomic E-state index is -4.35. The average Bonchev–Trinajstić information content (AvgIpc) is 2.78. The predicted molar refractivity (Wildman–Crippen MR) is 113 cm³/mol. The molecule has 1 aliphatic heterocycles. The Morgan fingerprint density at radius 3 is 2.48 bits per heavy atom. The van der Waals surface area contributed by atoms with Crippen molar-refractivity contribution in [2.75, 3.05) is 11.9 Å². The van der Waals surface area contributed by atoms with Crippen molar-refractivity contribution in [3.8, 4) is 11.1 Å². The highest BCUT2D eigenvalue weighted by Crippen LogP contribution is 2.32.